The van der Waals surface area contributed by atoms with E-state index in [0.717, 1.165) is 12.1 Å². The standard InChI is InChI=1S/C19H9Cl3F7NO3/c20-10-2-1-7(3-9(10)16(32)33)13(30)6-14(31)15-11(21)4-8(5-12(15)22)17(23,18(24,25)26)19(27,28)29/h1-6H,30H2,(H,32,33). The van der Waals surface area contributed by atoms with Crippen LogP contribution in [0, 0.1) is 0 Å². The topological polar surface area (TPSA) is 80.4 Å². The molecule has 3 N–H and O–H groups in total. The van der Waals surface area contributed by atoms with Gasteiger partial charge in [-0.15, -0.1) is 0 Å². The third kappa shape index (κ3) is 5.04. The van der Waals surface area contributed by atoms with Gasteiger partial charge >= 0.3 is 24.0 Å². The van der Waals surface area contributed by atoms with Crippen LogP contribution in [-0.4, -0.2) is 29.2 Å². The lowest BCUT2D eigenvalue weighted by Crippen LogP contribution is -2.50. The van der Waals surface area contributed by atoms with Crippen molar-refractivity contribution in [2.45, 2.75) is 18.0 Å². The van der Waals surface area contributed by atoms with E-state index in [1.165, 1.54) is 6.07 Å². The molecule has 0 aliphatic rings. The Morgan fingerprint density at radius 3 is 1.76 bits per heavy atom. The summed E-state index contributed by atoms with van der Waals surface area (Å²) in [5, 5.41) is 6.91. The van der Waals surface area contributed by atoms with E-state index in [-0.39, 0.29) is 34.0 Å². The molecule has 0 radical (unpaired) electrons. The zero-order valence-electron chi connectivity index (χ0n) is 15.6. The molecule has 0 saturated carbocycles. The Kier molecular flexibility index (Phi) is 7.32. The van der Waals surface area contributed by atoms with Crippen molar-refractivity contribution in [3.05, 3.63) is 73.7 Å². The van der Waals surface area contributed by atoms with E-state index < -0.39 is 50.9 Å². The molecule has 0 aliphatic heterocycles. The zero-order chi connectivity index (χ0) is 25.5. The Morgan fingerprint density at radius 2 is 1.33 bits per heavy atom. The van der Waals surface area contributed by atoms with Crippen molar-refractivity contribution in [2.24, 2.45) is 5.73 Å². The highest BCUT2D eigenvalue weighted by molar-refractivity contribution is 6.41. The molecule has 0 spiro atoms. The summed E-state index contributed by atoms with van der Waals surface area (Å²) in [6.45, 7) is 0. The molecular weight excluding hydrogens is 530 g/mol. The Bertz CT molecular complexity index is 1120. The van der Waals surface area contributed by atoms with Crippen LogP contribution in [0.3, 0.4) is 0 Å². The number of benzene rings is 2. The Labute approximate surface area is 195 Å². The third-order valence-electron chi connectivity index (χ3n) is 4.28. The summed E-state index contributed by atoms with van der Waals surface area (Å²) in [5.74, 6) is -2.57. The molecule has 0 unspecified atom stereocenters. The number of allylic oxidation sites excluding steroid dienone is 1. The minimum absolute atomic E-state index is 0.00840. The SMILES string of the molecule is NC(=CC(=O)c1c(Cl)cc(C(F)(C(F)(F)F)C(F)(F)F)cc1Cl)c1ccc(Cl)c(C(=O)O)c1. The van der Waals surface area contributed by atoms with Crippen LogP contribution >= 0.6 is 34.8 Å². The first-order valence-electron chi connectivity index (χ1n) is 8.28. The molecule has 0 fully saturated rings. The highest BCUT2D eigenvalue weighted by atomic mass is 35.5. The van der Waals surface area contributed by atoms with Crippen LogP contribution in [0.5, 0.6) is 0 Å². The van der Waals surface area contributed by atoms with Gasteiger partial charge < -0.3 is 10.8 Å². The molecule has 0 saturated heterocycles. The van der Waals surface area contributed by atoms with E-state index >= 15 is 0 Å². The Hall–Kier alpha value is -2.50. The number of carbonyl (C=O) groups is 2. The quantitative estimate of drug-likeness (QED) is 0.249. The van der Waals surface area contributed by atoms with Crippen molar-refractivity contribution in [3.8, 4) is 0 Å². The fourth-order valence-electron chi connectivity index (χ4n) is 2.66. The lowest BCUT2D eigenvalue weighted by Gasteiger charge is -2.30. The van der Waals surface area contributed by atoms with Crippen LogP contribution in [0.1, 0.15) is 31.8 Å². The highest BCUT2D eigenvalue weighted by Gasteiger charge is 2.73. The van der Waals surface area contributed by atoms with Crippen molar-refractivity contribution in [3.63, 3.8) is 0 Å². The molecule has 0 aromatic heterocycles. The van der Waals surface area contributed by atoms with Crippen molar-refractivity contribution >= 4 is 52.3 Å². The van der Waals surface area contributed by atoms with Crippen molar-refractivity contribution in [1.29, 1.82) is 0 Å². The summed E-state index contributed by atoms with van der Waals surface area (Å²) in [4.78, 5) is 23.7. The van der Waals surface area contributed by atoms with Gasteiger partial charge in [0.25, 0.3) is 0 Å². The van der Waals surface area contributed by atoms with E-state index in [2.05, 4.69) is 0 Å². The third-order valence-corrected chi connectivity index (χ3v) is 5.21. The van der Waals surface area contributed by atoms with Gasteiger partial charge in [-0.2, -0.15) is 26.3 Å². The Morgan fingerprint density at radius 1 is 0.848 bits per heavy atom. The van der Waals surface area contributed by atoms with E-state index in [4.69, 9.17) is 45.6 Å². The Balaban J connectivity index is 2.56. The van der Waals surface area contributed by atoms with Crippen LogP contribution in [-0.2, 0) is 5.67 Å². The summed E-state index contributed by atoms with van der Waals surface area (Å²) in [5.41, 5.74) is -3.55. The van der Waals surface area contributed by atoms with Gasteiger partial charge in [0, 0.05) is 17.3 Å². The first-order valence-corrected chi connectivity index (χ1v) is 9.41. The normalized spacial score (nSPS) is 13.2. The second kappa shape index (κ2) is 9.03. The van der Waals surface area contributed by atoms with Gasteiger partial charge in [-0.1, -0.05) is 40.9 Å². The maximum absolute atomic E-state index is 14.3. The largest absolute Gasteiger partial charge is 0.478 e. The second-order valence-corrected chi connectivity index (χ2v) is 7.65. The van der Waals surface area contributed by atoms with E-state index in [1.807, 2.05) is 0 Å². The van der Waals surface area contributed by atoms with Crippen LogP contribution in [0.2, 0.25) is 15.1 Å². The maximum atomic E-state index is 14.3. The van der Waals surface area contributed by atoms with Crippen molar-refractivity contribution < 1.29 is 45.4 Å². The predicted octanol–water partition coefficient (Wildman–Crippen LogP) is 6.82. The predicted molar refractivity (Wildman–Crippen MR) is 106 cm³/mol. The van der Waals surface area contributed by atoms with Crippen LogP contribution < -0.4 is 5.73 Å². The number of carboxylic acid groups (broad SMARTS) is 1. The molecule has 0 atom stereocenters. The number of hydrogen-bond donors (Lipinski definition) is 2. The average molecular weight is 539 g/mol. The number of alkyl halides is 7. The van der Waals surface area contributed by atoms with Crippen LogP contribution in [0.4, 0.5) is 30.7 Å². The van der Waals surface area contributed by atoms with Gasteiger partial charge in [-0.05, 0) is 29.8 Å². The zero-order valence-corrected chi connectivity index (χ0v) is 17.9. The molecule has 0 bridgehead atoms. The second-order valence-electron chi connectivity index (χ2n) is 6.43. The van der Waals surface area contributed by atoms with Gasteiger partial charge in [0.15, 0.2) is 5.78 Å². The molecule has 33 heavy (non-hydrogen) atoms. The van der Waals surface area contributed by atoms with E-state index in [9.17, 15) is 40.3 Å². The number of hydrogen-bond acceptors (Lipinski definition) is 3. The molecule has 4 nitrogen and oxygen atoms in total. The number of halogens is 10. The molecule has 2 rings (SSSR count). The number of carbonyl (C=O) groups excluding carboxylic acids is 1. The summed E-state index contributed by atoms with van der Waals surface area (Å²) in [6, 6.07) is 3.38. The van der Waals surface area contributed by atoms with Gasteiger partial charge in [-0.25, -0.2) is 9.18 Å². The number of nitrogens with two attached hydrogens (primary N) is 1. The van der Waals surface area contributed by atoms with Crippen molar-refractivity contribution in [1.82, 2.24) is 0 Å². The lowest BCUT2D eigenvalue weighted by molar-refractivity contribution is -0.348. The van der Waals surface area contributed by atoms with Gasteiger partial charge in [-0.3, -0.25) is 4.79 Å². The van der Waals surface area contributed by atoms with Crippen LogP contribution in [0.25, 0.3) is 5.70 Å². The average Bonchev–Trinajstić information content (AvgIpc) is 2.64. The number of rotatable bonds is 5. The van der Waals surface area contributed by atoms with Crippen molar-refractivity contribution in [2.75, 3.05) is 0 Å². The molecule has 0 amide bonds. The number of aromatic carboxylic acids is 1. The fourth-order valence-corrected chi connectivity index (χ4v) is 3.53. The smallest absolute Gasteiger partial charge is 0.435 e. The minimum atomic E-state index is -6.41. The first-order chi connectivity index (χ1) is 14.9. The van der Waals surface area contributed by atoms with Crippen LogP contribution in [0.15, 0.2) is 36.4 Å². The lowest BCUT2D eigenvalue weighted by atomic mass is 9.92. The van der Waals surface area contributed by atoms with Gasteiger partial charge in [0.1, 0.15) is 0 Å². The molecule has 2 aromatic rings. The summed E-state index contributed by atoms with van der Waals surface area (Å²) >= 11 is 17.1. The van der Waals surface area contributed by atoms with E-state index in [0.29, 0.717) is 6.08 Å². The monoisotopic (exact) mass is 537 g/mol. The maximum Gasteiger partial charge on any atom is 0.435 e. The number of ketones is 1. The summed E-state index contributed by atoms with van der Waals surface area (Å²) in [7, 11) is 0. The van der Waals surface area contributed by atoms with Gasteiger partial charge in [0.05, 0.1) is 26.2 Å². The molecule has 2 aromatic carbocycles. The summed E-state index contributed by atoms with van der Waals surface area (Å²) < 4.78 is 92.0. The number of carboxylic acids is 1. The van der Waals surface area contributed by atoms with E-state index in [1.54, 1.807) is 0 Å². The minimum Gasteiger partial charge on any atom is -0.478 e. The molecule has 178 valence electrons. The molecular formula is C19H9Cl3F7NO3. The summed E-state index contributed by atoms with van der Waals surface area (Å²) in [6.07, 6.45) is -12.2. The molecule has 14 heteroatoms. The molecule has 0 heterocycles. The fraction of sp³-hybridized carbons (Fsp3) is 0.158. The molecule has 0 aliphatic carbocycles. The highest BCUT2D eigenvalue weighted by Crippen LogP contribution is 2.54. The van der Waals surface area contributed by atoms with Gasteiger partial charge in [0.2, 0.25) is 0 Å². The first kappa shape index (κ1) is 26.7.